The van der Waals surface area contributed by atoms with Gasteiger partial charge in [0.2, 0.25) is 5.78 Å². The lowest BCUT2D eigenvalue weighted by molar-refractivity contribution is 0.101. The Labute approximate surface area is 225 Å². The summed E-state index contributed by atoms with van der Waals surface area (Å²) >= 11 is 12.8. The Kier molecular flexibility index (Phi) is 8.74. The lowest BCUT2D eigenvalue weighted by atomic mass is 10.1. The van der Waals surface area contributed by atoms with E-state index < -0.39 is 5.91 Å². The average molecular weight is 540 g/mol. The summed E-state index contributed by atoms with van der Waals surface area (Å²) in [5.41, 5.74) is 1.35. The fourth-order valence-corrected chi connectivity index (χ4v) is 4.52. The number of ketones is 1. The molecule has 0 radical (unpaired) electrons. The molecule has 0 fully saturated rings. The Balaban J connectivity index is 1.60. The zero-order chi connectivity index (χ0) is 26.4. The Morgan fingerprint density at radius 2 is 1.62 bits per heavy atom. The zero-order valence-electron chi connectivity index (χ0n) is 20.6. The van der Waals surface area contributed by atoms with Gasteiger partial charge < -0.3 is 19.2 Å². The molecule has 8 heteroatoms. The van der Waals surface area contributed by atoms with Gasteiger partial charge in [-0.05, 0) is 55.0 Å². The van der Waals surface area contributed by atoms with Crippen LogP contribution in [0.15, 0.2) is 65.1 Å². The van der Waals surface area contributed by atoms with Crippen molar-refractivity contribution in [3.05, 3.63) is 87.6 Å². The van der Waals surface area contributed by atoms with E-state index >= 15 is 0 Å². The van der Waals surface area contributed by atoms with Gasteiger partial charge in [0.05, 0.1) is 29.4 Å². The number of methoxy groups -OCH3 is 1. The van der Waals surface area contributed by atoms with Gasteiger partial charge in [0.1, 0.15) is 11.3 Å². The molecule has 1 aromatic heterocycles. The van der Waals surface area contributed by atoms with Crippen LogP contribution in [0.1, 0.15) is 59.1 Å². The third-order valence-corrected chi connectivity index (χ3v) is 6.46. The molecule has 6 nitrogen and oxygen atoms in total. The second-order valence-electron chi connectivity index (χ2n) is 8.49. The maximum absolute atomic E-state index is 13.3. The number of hydrogen-bond acceptors (Lipinski definition) is 5. The van der Waals surface area contributed by atoms with Crippen molar-refractivity contribution in [2.75, 3.05) is 19.0 Å². The summed E-state index contributed by atoms with van der Waals surface area (Å²) in [6, 6.07) is 16.7. The lowest BCUT2D eigenvalue weighted by Gasteiger charge is -2.12. The molecule has 0 bridgehead atoms. The Hall–Kier alpha value is -3.48. The minimum absolute atomic E-state index is 0.0175. The molecule has 4 rings (SSSR count). The van der Waals surface area contributed by atoms with Crippen LogP contribution in [-0.4, -0.2) is 25.4 Å². The van der Waals surface area contributed by atoms with Crippen LogP contribution in [0, 0.1) is 0 Å². The molecule has 0 saturated carbocycles. The molecule has 0 aliphatic heterocycles. The van der Waals surface area contributed by atoms with E-state index in [9.17, 15) is 9.59 Å². The van der Waals surface area contributed by atoms with Crippen LogP contribution < -0.4 is 14.8 Å². The van der Waals surface area contributed by atoms with Crippen LogP contribution in [0.5, 0.6) is 11.5 Å². The van der Waals surface area contributed by atoms with E-state index in [-0.39, 0.29) is 32.8 Å². The normalized spacial score (nSPS) is 10.9. The minimum atomic E-state index is -0.492. The van der Waals surface area contributed by atoms with Crippen molar-refractivity contribution >= 4 is 51.5 Å². The molecule has 0 unspecified atom stereocenters. The number of carbonyl (C=O) groups is 2. The van der Waals surface area contributed by atoms with Gasteiger partial charge in [-0.1, -0.05) is 61.5 Å². The van der Waals surface area contributed by atoms with Gasteiger partial charge >= 0.3 is 0 Å². The molecule has 0 spiro atoms. The number of benzene rings is 3. The standard InChI is InChI=1S/C29H27Cl2NO5/c1-3-4-5-8-15-36-27-22(30)16-19(17-23(27)31)29(34)32-25-21-9-6-7-10-24(21)37-28(25)26(33)18-11-13-20(35-2)14-12-18/h6-7,9-14,16-17H,3-5,8,15H2,1-2H3,(H,32,34). The van der Waals surface area contributed by atoms with Crippen molar-refractivity contribution in [1.82, 2.24) is 0 Å². The third kappa shape index (κ3) is 6.09. The number of para-hydroxylation sites is 1. The van der Waals surface area contributed by atoms with E-state index in [1.165, 1.54) is 12.1 Å². The fourth-order valence-electron chi connectivity index (χ4n) is 3.92. The second-order valence-corrected chi connectivity index (χ2v) is 9.31. The average Bonchev–Trinajstić information content (AvgIpc) is 3.27. The molecule has 0 atom stereocenters. The molecular formula is C29H27Cl2NO5. The number of rotatable bonds is 11. The zero-order valence-corrected chi connectivity index (χ0v) is 22.1. The van der Waals surface area contributed by atoms with E-state index in [4.69, 9.17) is 37.1 Å². The van der Waals surface area contributed by atoms with Gasteiger partial charge in [-0.25, -0.2) is 0 Å². The van der Waals surface area contributed by atoms with Crippen LogP contribution in [0.2, 0.25) is 10.0 Å². The van der Waals surface area contributed by atoms with Gasteiger partial charge in [-0.15, -0.1) is 0 Å². The van der Waals surface area contributed by atoms with Crippen molar-refractivity contribution in [2.24, 2.45) is 0 Å². The van der Waals surface area contributed by atoms with Crippen LogP contribution in [0.4, 0.5) is 5.69 Å². The summed E-state index contributed by atoms with van der Waals surface area (Å²) in [4.78, 5) is 26.6. The van der Waals surface area contributed by atoms with Gasteiger partial charge in [0.25, 0.3) is 5.91 Å². The highest BCUT2D eigenvalue weighted by atomic mass is 35.5. The highest BCUT2D eigenvalue weighted by Gasteiger charge is 2.24. The number of carbonyl (C=O) groups excluding carboxylic acids is 2. The van der Waals surface area contributed by atoms with Crippen LogP contribution in [0.25, 0.3) is 11.0 Å². The first-order valence-corrected chi connectivity index (χ1v) is 12.8. The number of amides is 1. The molecule has 1 N–H and O–H groups in total. The highest BCUT2D eigenvalue weighted by Crippen LogP contribution is 2.36. The number of ether oxygens (including phenoxy) is 2. The number of halogens is 2. The second kappa shape index (κ2) is 12.2. The lowest BCUT2D eigenvalue weighted by Crippen LogP contribution is -2.14. The van der Waals surface area contributed by atoms with E-state index in [0.717, 1.165) is 25.7 Å². The van der Waals surface area contributed by atoms with Crippen molar-refractivity contribution in [3.8, 4) is 11.5 Å². The summed E-state index contributed by atoms with van der Waals surface area (Å²) in [5.74, 6) is 0.118. The fraction of sp³-hybridized carbons (Fsp3) is 0.241. The Morgan fingerprint density at radius 3 is 2.30 bits per heavy atom. The first-order valence-electron chi connectivity index (χ1n) is 12.1. The van der Waals surface area contributed by atoms with Crippen molar-refractivity contribution in [1.29, 1.82) is 0 Å². The predicted molar refractivity (Wildman–Crippen MR) is 147 cm³/mol. The molecule has 0 aliphatic carbocycles. The molecule has 0 aliphatic rings. The monoisotopic (exact) mass is 539 g/mol. The van der Waals surface area contributed by atoms with E-state index in [1.54, 1.807) is 55.6 Å². The molecule has 1 heterocycles. The van der Waals surface area contributed by atoms with Gasteiger partial charge in [-0.3, -0.25) is 9.59 Å². The summed E-state index contributed by atoms with van der Waals surface area (Å²) in [5, 5.41) is 3.89. The molecule has 1 amide bonds. The minimum Gasteiger partial charge on any atom is -0.497 e. The van der Waals surface area contributed by atoms with Gasteiger partial charge in [0.15, 0.2) is 11.5 Å². The van der Waals surface area contributed by atoms with E-state index in [0.29, 0.717) is 34.6 Å². The molecule has 0 saturated heterocycles. The molecule has 37 heavy (non-hydrogen) atoms. The van der Waals surface area contributed by atoms with Crippen molar-refractivity contribution in [2.45, 2.75) is 32.6 Å². The topological polar surface area (TPSA) is 77.8 Å². The summed E-state index contributed by atoms with van der Waals surface area (Å²) in [6.07, 6.45) is 4.21. The van der Waals surface area contributed by atoms with Gasteiger partial charge in [-0.2, -0.15) is 0 Å². The number of unbranched alkanes of at least 4 members (excludes halogenated alkanes) is 3. The van der Waals surface area contributed by atoms with Crippen LogP contribution in [0.3, 0.4) is 0 Å². The van der Waals surface area contributed by atoms with Gasteiger partial charge in [0, 0.05) is 16.5 Å². The van der Waals surface area contributed by atoms with Crippen molar-refractivity contribution in [3.63, 3.8) is 0 Å². The molecule has 4 aromatic rings. The predicted octanol–water partition coefficient (Wildman–Crippen LogP) is 8.19. The summed E-state index contributed by atoms with van der Waals surface area (Å²) < 4.78 is 16.8. The number of hydrogen-bond donors (Lipinski definition) is 1. The van der Waals surface area contributed by atoms with Crippen LogP contribution >= 0.6 is 23.2 Å². The number of nitrogens with one attached hydrogen (secondary N) is 1. The van der Waals surface area contributed by atoms with E-state index in [2.05, 4.69) is 12.2 Å². The number of anilines is 1. The highest BCUT2D eigenvalue weighted by molar-refractivity contribution is 6.38. The van der Waals surface area contributed by atoms with Crippen molar-refractivity contribution < 1.29 is 23.5 Å². The van der Waals surface area contributed by atoms with E-state index in [1.807, 2.05) is 0 Å². The maximum Gasteiger partial charge on any atom is 0.255 e. The maximum atomic E-state index is 13.3. The largest absolute Gasteiger partial charge is 0.497 e. The quantitative estimate of drug-likeness (QED) is 0.153. The first kappa shape index (κ1) is 26.6. The van der Waals surface area contributed by atoms with Crippen LogP contribution in [-0.2, 0) is 0 Å². The summed E-state index contributed by atoms with van der Waals surface area (Å²) in [6.45, 7) is 2.63. The Morgan fingerprint density at radius 1 is 0.919 bits per heavy atom. The molecular weight excluding hydrogens is 513 g/mol. The third-order valence-electron chi connectivity index (χ3n) is 5.90. The number of furan rings is 1. The molecule has 192 valence electrons. The smallest absolute Gasteiger partial charge is 0.255 e. The molecule has 3 aromatic carbocycles. The SMILES string of the molecule is CCCCCCOc1c(Cl)cc(C(=O)Nc2c(C(=O)c3ccc(OC)cc3)oc3ccccc23)cc1Cl. The summed E-state index contributed by atoms with van der Waals surface area (Å²) in [7, 11) is 1.55. The first-order chi connectivity index (χ1) is 17.9. The number of fused-ring (bicyclic) bond motifs is 1. The Bertz CT molecular complexity index is 1390.